The molecule has 1 aliphatic rings. The van der Waals surface area contributed by atoms with Crippen LogP contribution in [0.15, 0.2) is 11.5 Å². The summed E-state index contributed by atoms with van der Waals surface area (Å²) in [6, 6.07) is 0. The summed E-state index contributed by atoms with van der Waals surface area (Å²) < 4.78 is 17.0. The van der Waals surface area contributed by atoms with Crippen LogP contribution < -0.4 is 0 Å². The maximum absolute atomic E-state index is 11.7. The fourth-order valence-electron chi connectivity index (χ4n) is 1.97. The Kier molecular flexibility index (Phi) is 5.84. The third-order valence-corrected chi connectivity index (χ3v) is 3.96. The fourth-order valence-corrected chi connectivity index (χ4v) is 1.97. The second kappa shape index (κ2) is 6.77. The molecule has 1 heterocycles. The van der Waals surface area contributed by atoms with Crippen molar-refractivity contribution in [3.63, 3.8) is 0 Å². The number of allylic oxidation sites excluding steroid dienone is 1. The maximum Gasteiger partial charge on any atom is 0.490 e. The SMILES string of the molecule is CCCC/C(=C\C(=O)OCC)B1OC(C)(C)C(C)(C)O1. The van der Waals surface area contributed by atoms with Gasteiger partial charge in [-0.25, -0.2) is 4.79 Å². The molecule has 1 saturated heterocycles. The summed E-state index contributed by atoms with van der Waals surface area (Å²) in [6.45, 7) is 12.3. The van der Waals surface area contributed by atoms with Crippen LogP contribution in [0.5, 0.6) is 0 Å². The standard InChI is InChI=1S/C15H27BO4/c1-7-9-10-12(11-13(17)18-8-2)16-19-14(3,4)15(5,6)20-16/h11H,7-10H2,1-6H3/b12-11+. The van der Waals surface area contributed by atoms with Crippen LogP contribution in [0.25, 0.3) is 0 Å². The number of carbonyl (C=O) groups is 1. The van der Waals surface area contributed by atoms with Gasteiger partial charge in [0.2, 0.25) is 0 Å². The van der Waals surface area contributed by atoms with Gasteiger partial charge in [0.1, 0.15) is 0 Å². The summed E-state index contributed by atoms with van der Waals surface area (Å²) >= 11 is 0. The Morgan fingerprint density at radius 3 is 2.15 bits per heavy atom. The average Bonchev–Trinajstić information content (AvgIpc) is 2.54. The lowest BCUT2D eigenvalue weighted by molar-refractivity contribution is -0.137. The summed E-state index contributed by atoms with van der Waals surface area (Å²) in [4.78, 5) is 11.7. The van der Waals surface area contributed by atoms with Gasteiger partial charge in [-0.1, -0.05) is 19.8 Å². The molecule has 114 valence electrons. The van der Waals surface area contributed by atoms with Crippen LogP contribution >= 0.6 is 0 Å². The Balaban J connectivity index is 2.87. The van der Waals surface area contributed by atoms with E-state index in [1.807, 2.05) is 27.7 Å². The van der Waals surface area contributed by atoms with Crippen molar-refractivity contribution in [1.82, 2.24) is 0 Å². The highest BCUT2D eigenvalue weighted by atomic mass is 16.7. The largest absolute Gasteiger partial charge is 0.490 e. The Hall–Kier alpha value is -0.805. The quantitative estimate of drug-likeness (QED) is 0.426. The Morgan fingerprint density at radius 2 is 1.70 bits per heavy atom. The van der Waals surface area contributed by atoms with Crippen molar-refractivity contribution in [2.75, 3.05) is 6.61 Å². The molecule has 0 amide bonds. The molecule has 0 aromatic carbocycles. The van der Waals surface area contributed by atoms with Crippen LogP contribution in [0.1, 0.15) is 60.8 Å². The number of rotatable bonds is 6. The molecule has 0 aromatic heterocycles. The molecule has 0 radical (unpaired) electrons. The minimum atomic E-state index is -0.462. The molecule has 0 bridgehead atoms. The van der Waals surface area contributed by atoms with Gasteiger partial charge in [0.25, 0.3) is 0 Å². The van der Waals surface area contributed by atoms with Gasteiger partial charge in [-0.2, -0.15) is 0 Å². The lowest BCUT2D eigenvalue weighted by Crippen LogP contribution is -2.41. The van der Waals surface area contributed by atoms with Gasteiger partial charge in [0.15, 0.2) is 0 Å². The molecule has 0 saturated carbocycles. The predicted octanol–water partition coefficient (Wildman–Crippen LogP) is 3.30. The monoisotopic (exact) mass is 282 g/mol. The Morgan fingerprint density at radius 1 is 1.15 bits per heavy atom. The van der Waals surface area contributed by atoms with Crippen LogP contribution in [0.2, 0.25) is 0 Å². The summed E-state index contributed by atoms with van der Waals surface area (Å²) in [5, 5.41) is 0. The first-order valence-corrected chi connectivity index (χ1v) is 7.46. The number of esters is 1. The molecule has 0 N–H and O–H groups in total. The van der Waals surface area contributed by atoms with Gasteiger partial charge in [-0.3, -0.25) is 0 Å². The van der Waals surface area contributed by atoms with E-state index in [0.717, 1.165) is 24.7 Å². The first-order chi connectivity index (χ1) is 9.23. The third kappa shape index (κ3) is 4.09. The highest BCUT2D eigenvalue weighted by Crippen LogP contribution is 2.39. The van der Waals surface area contributed by atoms with Gasteiger partial charge >= 0.3 is 13.1 Å². The molecule has 0 atom stereocenters. The molecule has 1 aliphatic heterocycles. The van der Waals surface area contributed by atoms with Crippen LogP contribution in [0, 0.1) is 0 Å². The van der Waals surface area contributed by atoms with E-state index in [1.165, 1.54) is 6.08 Å². The zero-order valence-electron chi connectivity index (χ0n) is 13.6. The summed E-state index contributed by atoms with van der Waals surface area (Å²) in [5.74, 6) is -0.326. The summed E-state index contributed by atoms with van der Waals surface area (Å²) in [6.07, 6.45) is 4.36. The van der Waals surface area contributed by atoms with E-state index in [9.17, 15) is 4.79 Å². The van der Waals surface area contributed by atoms with Crippen LogP contribution in [0.4, 0.5) is 0 Å². The van der Waals surface area contributed by atoms with E-state index in [-0.39, 0.29) is 5.97 Å². The third-order valence-electron chi connectivity index (χ3n) is 3.96. The fraction of sp³-hybridized carbons (Fsp3) is 0.800. The van der Waals surface area contributed by atoms with E-state index < -0.39 is 18.3 Å². The van der Waals surface area contributed by atoms with Crippen molar-refractivity contribution in [2.45, 2.75) is 72.0 Å². The molecule has 4 nitrogen and oxygen atoms in total. The number of ether oxygens (including phenoxy) is 1. The zero-order valence-corrected chi connectivity index (χ0v) is 13.6. The second-order valence-corrected chi connectivity index (χ2v) is 6.16. The van der Waals surface area contributed by atoms with Crippen LogP contribution in [-0.2, 0) is 18.8 Å². The van der Waals surface area contributed by atoms with Gasteiger partial charge in [0, 0.05) is 6.08 Å². The predicted molar refractivity (Wildman–Crippen MR) is 80.3 cm³/mol. The summed E-state index contributed by atoms with van der Waals surface area (Å²) in [7, 11) is -0.462. The first kappa shape index (κ1) is 17.2. The maximum atomic E-state index is 11.7. The van der Waals surface area contributed by atoms with E-state index in [0.29, 0.717) is 6.61 Å². The van der Waals surface area contributed by atoms with Gasteiger partial charge < -0.3 is 14.0 Å². The van der Waals surface area contributed by atoms with Gasteiger partial charge in [-0.15, -0.1) is 0 Å². The van der Waals surface area contributed by atoms with Gasteiger partial charge in [-0.05, 0) is 46.5 Å². The molecule has 20 heavy (non-hydrogen) atoms. The molecular formula is C15H27BO4. The molecular weight excluding hydrogens is 255 g/mol. The molecule has 1 fully saturated rings. The van der Waals surface area contributed by atoms with Crippen molar-refractivity contribution >= 4 is 13.1 Å². The van der Waals surface area contributed by atoms with E-state index in [2.05, 4.69) is 6.92 Å². The normalized spacial score (nSPS) is 21.1. The smallest absolute Gasteiger partial charge is 0.463 e. The van der Waals surface area contributed by atoms with Crippen molar-refractivity contribution < 1.29 is 18.8 Å². The highest BCUT2D eigenvalue weighted by Gasteiger charge is 2.52. The zero-order chi connectivity index (χ0) is 15.4. The number of carbonyl (C=O) groups excluding carboxylic acids is 1. The highest BCUT2D eigenvalue weighted by molar-refractivity contribution is 6.55. The Labute approximate surface area is 123 Å². The first-order valence-electron chi connectivity index (χ1n) is 7.46. The minimum Gasteiger partial charge on any atom is -0.463 e. The summed E-state index contributed by atoms with van der Waals surface area (Å²) in [5.41, 5.74) is 0.0823. The topological polar surface area (TPSA) is 44.8 Å². The molecule has 0 aliphatic carbocycles. The lowest BCUT2D eigenvalue weighted by atomic mass is 9.75. The molecule has 0 aromatic rings. The minimum absolute atomic E-state index is 0.326. The van der Waals surface area contributed by atoms with Crippen molar-refractivity contribution in [1.29, 1.82) is 0 Å². The molecule has 0 spiro atoms. The number of unbranched alkanes of at least 4 members (excludes halogenated alkanes) is 1. The van der Waals surface area contributed by atoms with Crippen molar-refractivity contribution in [2.24, 2.45) is 0 Å². The van der Waals surface area contributed by atoms with Crippen LogP contribution in [0.3, 0.4) is 0 Å². The van der Waals surface area contributed by atoms with Crippen molar-refractivity contribution in [3.05, 3.63) is 11.5 Å². The number of hydrogen-bond acceptors (Lipinski definition) is 4. The van der Waals surface area contributed by atoms with E-state index >= 15 is 0 Å². The van der Waals surface area contributed by atoms with Gasteiger partial charge in [0.05, 0.1) is 17.8 Å². The van der Waals surface area contributed by atoms with E-state index in [4.69, 9.17) is 14.0 Å². The average molecular weight is 282 g/mol. The molecule has 0 unspecified atom stereocenters. The van der Waals surface area contributed by atoms with Crippen molar-refractivity contribution in [3.8, 4) is 0 Å². The number of hydrogen-bond donors (Lipinski definition) is 0. The van der Waals surface area contributed by atoms with E-state index in [1.54, 1.807) is 6.92 Å². The molecule has 1 rings (SSSR count). The Bertz CT molecular complexity index is 358. The lowest BCUT2D eigenvalue weighted by Gasteiger charge is -2.32. The second-order valence-electron chi connectivity index (χ2n) is 6.16. The van der Waals surface area contributed by atoms with Crippen LogP contribution in [-0.4, -0.2) is 30.9 Å². The molecule has 5 heteroatoms.